The Morgan fingerprint density at radius 3 is 2.54 bits per heavy atom. The van der Waals surface area contributed by atoms with Gasteiger partial charge in [-0.05, 0) is 67.9 Å². The smallest absolute Gasteiger partial charge is 0.254 e. The molecule has 0 aromatic heterocycles. The highest BCUT2D eigenvalue weighted by Gasteiger charge is 2.36. The molecule has 5 aliphatic heterocycles. The lowest BCUT2D eigenvalue weighted by Gasteiger charge is -2.39. The fourth-order valence-corrected chi connectivity index (χ4v) is 8.15. The third-order valence-electron chi connectivity index (χ3n) is 9.90. The van der Waals surface area contributed by atoms with Crippen LogP contribution in [0.2, 0.25) is 0 Å². The summed E-state index contributed by atoms with van der Waals surface area (Å²) in [5, 5.41) is 12.1. The first-order valence-electron chi connectivity index (χ1n) is 15.5. The van der Waals surface area contributed by atoms with Gasteiger partial charge in [-0.25, -0.2) is 4.58 Å². The van der Waals surface area contributed by atoms with Crippen LogP contribution >= 0.6 is 0 Å². The minimum absolute atomic E-state index is 0.0571. The lowest BCUT2D eigenvalue weighted by atomic mass is 9.81. The van der Waals surface area contributed by atoms with E-state index in [2.05, 4.69) is 27.7 Å². The summed E-state index contributed by atoms with van der Waals surface area (Å²) in [5.41, 5.74) is 10.8. The van der Waals surface area contributed by atoms with Crippen LogP contribution in [0.15, 0.2) is 36.4 Å². The summed E-state index contributed by atoms with van der Waals surface area (Å²) in [6.07, 6.45) is 8.83. The van der Waals surface area contributed by atoms with Crippen LogP contribution in [-0.2, 0) is 25.7 Å². The van der Waals surface area contributed by atoms with Gasteiger partial charge in [-0.2, -0.15) is 0 Å². The normalized spacial score (nSPS) is 18.1. The predicted octanol–water partition coefficient (Wildman–Crippen LogP) is 3.19. The number of hydrogen-bond acceptors (Lipinski definition) is 4. The van der Waals surface area contributed by atoms with Crippen molar-refractivity contribution in [2.24, 2.45) is 0 Å². The number of carbonyl (C=O) groups is 1. The number of anilines is 1. The molecule has 41 heavy (non-hydrogen) atoms. The third kappa shape index (κ3) is 3.79. The first-order chi connectivity index (χ1) is 20.1. The summed E-state index contributed by atoms with van der Waals surface area (Å²) >= 11 is 0. The first-order valence-corrected chi connectivity index (χ1v) is 15.5. The Hall–Kier alpha value is -3.64. The number of nitrogens with zero attached hydrogens (tertiary/aromatic N) is 3. The molecule has 0 saturated heterocycles. The van der Waals surface area contributed by atoms with E-state index in [0.717, 1.165) is 98.1 Å². The molecule has 0 atom stereocenters. The van der Waals surface area contributed by atoms with Gasteiger partial charge in [0.25, 0.3) is 5.91 Å². The van der Waals surface area contributed by atoms with Crippen LogP contribution in [0, 0.1) is 0 Å². The summed E-state index contributed by atoms with van der Waals surface area (Å²) in [4.78, 5) is 18.0. The van der Waals surface area contributed by atoms with E-state index in [0.29, 0.717) is 12.1 Å². The molecule has 0 bridgehead atoms. The van der Waals surface area contributed by atoms with E-state index in [4.69, 9.17) is 4.74 Å². The zero-order valence-electron chi connectivity index (χ0n) is 24.0. The molecule has 0 aliphatic carbocycles. The molecule has 0 unspecified atom stereocenters. The number of ether oxygens (including phenoxy) is 1. The molecule has 5 aliphatic rings. The highest BCUT2D eigenvalue weighted by Crippen LogP contribution is 2.48. The maximum atomic E-state index is 13.8. The van der Waals surface area contributed by atoms with E-state index in [1.54, 1.807) is 11.9 Å². The fourth-order valence-electron chi connectivity index (χ4n) is 8.15. The minimum atomic E-state index is -0.0623. The van der Waals surface area contributed by atoms with E-state index in [1.165, 1.54) is 46.1 Å². The van der Waals surface area contributed by atoms with Crippen molar-refractivity contribution in [3.8, 4) is 11.5 Å². The first kappa shape index (κ1) is 25.1. The van der Waals surface area contributed by atoms with Crippen LogP contribution in [0.25, 0.3) is 5.57 Å². The molecule has 6 heteroatoms. The summed E-state index contributed by atoms with van der Waals surface area (Å²) < 4.78 is 9.73. The van der Waals surface area contributed by atoms with Crippen molar-refractivity contribution in [2.45, 2.75) is 51.4 Å². The lowest BCUT2D eigenvalue weighted by Crippen LogP contribution is -2.45. The van der Waals surface area contributed by atoms with Crippen LogP contribution in [0.1, 0.15) is 69.4 Å². The number of aliphatic hydroxyl groups is 1. The molecule has 0 fully saturated rings. The van der Waals surface area contributed by atoms with Crippen molar-refractivity contribution in [1.29, 1.82) is 0 Å². The Morgan fingerprint density at radius 2 is 1.68 bits per heavy atom. The maximum Gasteiger partial charge on any atom is 0.254 e. The zero-order valence-corrected chi connectivity index (χ0v) is 24.0. The molecule has 0 saturated carbocycles. The molecule has 0 radical (unpaired) electrons. The summed E-state index contributed by atoms with van der Waals surface area (Å²) in [6.45, 7) is 4.73. The van der Waals surface area contributed by atoms with Crippen LogP contribution in [0.5, 0.6) is 11.5 Å². The van der Waals surface area contributed by atoms with Crippen LogP contribution < -0.4 is 24.8 Å². The highest BCUT2D eigenvalue weighted by atomic mass is 16.5. The average molecular weight is 549 g/mol. The number of hydrogen-bond donors (Lipinski definition) is 1. The van der Waals surface area contributed by atoms with E-state index in [1.807, 2.05) is 18.2 Å². The Kier molecular flexibility index (Phi) is 5.96. The van der Waals surface area contributed by atoms with Crippen molar-refractivity contribution >= 4 is 17.2 Å². The zero-order chi connectivity index (χ0) is 27.7. The molecule has 0 spiro atoms. The van der Waals surface area contributed by atoms with Gasteiger partial charge in [-0.3, -0.25) is 4.79 Å². The van der Waals surface area contributed by atoms with Crippen LogP contribution in [-0.4, -0.2) is 62.3 Å². The third-order valence-corrected chi connectivity index (χ3v) is 9.90. The quantitative estimate of drug-likeness (QED) is 0.398. The predicted molar refractivity (Wildman–Crippen MR) is 161 cm³/mol. The fraction of sp³-hybridized carbons (Fsp3) is 0.429. The van der Waals surface area contributed by atoms with Gasteiger partial charge < -0.3 is 19.6 Å². The number of rotatable bonds is 4. The SMILES string of the molecule is CN(CCO)C(=O)c1ccccc1C1=c2cc3c4c(c2Oc2c1cc1c5c2CCCN5CCC1)CCC[N+]=4CCC3. The van der Waals surface area contributed by atoms with Gasteiger partial charge in [-0.1, -0.05) is 18.2 Å². The summed E-state index contributed by atoms with van der Waals surface area (Å²) in [7, 11) is 1.77. The number of aliphatic hydroxyl groups excluding tert-OH is 1. The van der Waals surface area contributed by atoms with Crippen molar-refractivity contribution < 1.29 is 14.6 Å². The number of aryl methyl sites for hydroxylation is 2. The monoisotopic (exact) mass is 548 g/mol. The van der Waals surface area contributed by atoms with Gasteiger partial charge in [0, 0.05) is 78.3 Å². The number of amides is 1. The van der Waals surface area contributed by atoms with Gasteiger partial charge in [-0.15, -0.1) is 0 Å². The molecular formula is C35H38N3O3+. The Balaban J connectivity index is 1.49. The largest absolute Gasteiger partial charge is 0.455 e. The standard InChI is InChI=1S/C35H38N3O3/c1-36(18-19-39)35(40)25-11-3-2-10-24(25)30-28-20-22-8-4-14-37-16-6-12-26(31(22)37)33(28)41-34-27-13-7-17-38-15-5-9-23(32(27)38)21-29(30)34/h2-3,10-11,20-21,39H,4-9,12-19H2,1H3/q+1. The second-order valence-corrected chi connectivity index (χ2v) is 12.3. The summed E-state index contributed by atoms with van der Waals surface area (Å²) in [5.74, 6) is 1.95. The average Bonchev–Trinajstić information content (AvgIpc) is 3.01. The molecule has 1 amide bonds. The van der Waals surface area contributed by atoms with Crippen molar-refractivity contribution in [3.05, 3.63) is 85.9 Å². The molecule has 3 aromatic carbocycles. The van der Waals surface area contributed by atoms with Crippen molar-refractivity contribution in [2.75, 3.05) is 51.3 Å². The van der Waals surface area contributed by atoms with E-state index in [9.17, 15) is 9.90 Å². The van der Waals surface area contributed by atoms with Crippen LogP contribution in [0.4, 0.5) is 5.69 Å². The Labute approximate surface area is 241 Å². The molecule has 8 rings (SSSR count). The van der Waals surface area contributed by atoms with E-state index in [-0.39, 0.29) is 12.5 Å². The Bertz CT molecular complexity index is 1730. The van der Waals surface area contributed by atoms with Gasteiger partial charge in [0.1, 0.15) is 24.6 Å². The van der Waals surface area contributed by atoms with Crippen molar-refractivity contribution in [1.82, 2.24) is 9.48 Å². The molecule has 5 heterocycles. The van der Waals surface area contributed by atoms with E-state index < -0.39 is 0 Å². The molecule has 1 N–H and O–H groups in total. The minimum Gasteiger partial charge on any atom is -0.455 e. The Morgan fingerprint density at radius 1 is 0.927 bits per heavy atom. The van der Waals surface area contributed by atoms with Gasteiger partial charge in [0.05, 0.1) is 12.2 Å². The molecule has 3 aromatic rings. The number of carbonyl (C=O) groups excluding carboxylic acids is 1. The molecular weight excluding hydrogens is 510 g/mol. The van der Waals surface area contributed by atoms with Gasteiger partial charge in [0.2, 0.25) is 5.36 Å². The molecule has 6 nitrogen and oxygen atoms in total. The second-order valence-electron chi connectivity index (χ2n) is 12.3. The maximum absolute atomic E-state index is 13.8. The second kappa shape index (κ2) is 9.73. The number of fused-ring (bicyclic) bond motifs is 4. The highest BCUT2D eigenvalue weighted by molar-refractivity contribution is 6.02. The van der Waals surface area contributed by atoms with Crippen molar-refractivity contribution in [3.63, 3.8) is 0 Å². The lowest BCUT2D eigenvalue weighted by molar-refractivity contribution is 0.0766. The van der Waals surface area contributed by atoms with E-state index >= 15 is 0 Å². The number of benzene rings is 3. The van der Waals surface area contributed by atoms with Crippen LogP contribution in [0.3, 0.4) is 0 Å². The molecule has 210 valence electrons. The number of likely N-dealkylation sites (N-methyl/N-ethyl adjacent to an activating group) is 1. The summed E-state index contributed by atoms with van der Waals surface area (Å²) in [6, 6.07) is 12.8. The topological polar surface area (TPSA) is 56.0 Å². The van der Waals surface area contributed by atoms with Gasteiger partial charge in [0.15, 0.2) is 0 Å². The van der Waals surface area contributed by atoms with Gasteiger partial charge >= 0.3 is 0 Å².